The molecule has 2 amide bonds. The number of carboxylic acids is 2. The summed E-state index contributed by atoms with van der Waals surface area (Å²) in [7, 11) is 0. The molecule has 0 aliphatic heterocycles. The Balaban J connectivity index is 4.12. The minimum absolute atomic E-state index is 0.197. The molecule has 0 unspecified atom stereocenters. The van der Waals surface area contributed by atoms with E-state index in [2.05, 4.69) is 5.32 Å². The van der Waals surface area contributed by atoms with Gasteiger partial charge < -0.3 is 25.2 Å². The third kappa shape index (κ3) is 8.03. The average molecular weight is 248 g/mol. The van der Waals surface area contributed by atoms with Gasteiger partial charge in [0.2, 0.25) is 0 Å². The van der Waals surface area contributed by atoms with Gasteiger partial charge in [0.1, 0.15) is 13.1 Å². The van der Waals surface area contributed by atoms with Gasteiger partial charge in [0.15, 0.2) is 0 Å². The number of ether oxygens (including phenoxy) is 1. The fourth-order valence-electron chi connectivity index (χ4n) is 1.01. The zero-order chi connectivity index (χ0) is 13.3. The van der Waals surface area contributed by atoms with Crippen molar-refractivity contribution in [3.8, 4) is 0 Å². The zero-order valence-corrected chi connectivity index (χ0v) is 9.51. The highest BCUT2D eigenvalue weighted by Gasteiger charge is 2.18. The highest BCUT2D eigenvalue weighted by atomic mass is 16.5. The normalized spacial score (nSPS) is 9.71. The first kappa shape index (κ1) is 15.2. The molecular formula is C9H16N2O6. The fourth-order valence-corrected chi connectivity index (χ4v) is 1.01. The van der Waals surface area contributed by atoms with Gasteiger partial charge in [0.25, 0.3) is 0 Å². The van der Waals surface area contributed by atoms with E-state index in [1.54, 1.807) is 6.92 Å². The molecule has 8 heteroatoms. The maximum atomic E-state index is 11.4. The molecule has 0 aromatic carbocycles. The van der Waals surface area contributed by atoms with Crippen LogP contribution < -0.4 is 5.32 Å². The molecule has 8 nitrogen and oxygen atoms in total. The molecule has 98 valence electrons. The van der Waals surface area contributed by atoms with E-state index in [0.29, 0.717) is 11.5 Å². The van der Waals surface area contributed by atoms with Crippen LogP contribution in [0.3, 0.4) is 0 Å². The Bertz CT molecular complexity index is 265. The zero-order valence-electron chi connectivity index (χ0n) is 9.51. The van der Waals surface area contributed by atoms with Crippen molar-refractivity contribution in [3.63, 3.8) is 0 Å². The van der Waals surface area contributed by atoms with Gasteiger partial charge in [-0.3, -0.25) is 9.59 Å². The molecule has 0 radical (unpaired) electrons. The summed E-state index contributed by atoms with van der Waals surface area (Å²) < 4.78 is 4.96. The summed E-state index contributed by atoms with van der Waals surface area (Å²) in [5.41, 5.74) is 0. The lowest BCUT2D eigenvalue weighted by atomic mass is 10.5. The highest BCUT2D eigenvalue weighted by molar-refractivity contribution is 5.84. The van der Waals surface area contributed by atoms with Gasteiger partial charge in [0.05, 0.1) is 6.61 Å². The fraction of sp³-hybridized carbons (Fsp3) is 0.667. The van der Waals surface area contributed by atoms with Gasteiger partial charge in [0, 0.05) is 13.2 Å². The van der Waals surface area contributed by atoms with Gasteiger partial charge in [-0.15, -0.1) is 0 Å². The summed E-state index contributed by atoms with van der Waals surface area (Å²) >= 11 is 0. The van der Waals surface area contributed by atoms with Gasteiger partial charge in [-0.25, -0.2) is 4.79 Å². The predicted octanol–water partition coefficient (Wildman–Crippen LogP) is -0.796. The van der Waals surface area contributed by atoms with Crippen molar-refractivity contribution in [2.24, 2.45) is 0 Å². The molecule has 0 atom stereocenters. The van der Waals surface area contributed by atoms with E-state index in [-0.39, 0.29) is 13.2 Å². The second-order valence-corrected chi connectivity index (χ2v) is 3.07. The average Bonchev–Trinajstić information content (AvgIpc) is 2.22. The number of carboxylic acid groups (broad SMARTS) is 2. The van der Waals surface area contributed by atoms with Crippen LogP contribution in [0, 0.1) is 0 Å². The van der Waals surface area contributed by atoms with Gasteiger partial charge >= 0.3 is 18.0 Å². The minimum Gasteiger partial charge on any atom is -0.480 e. The van der Waals surface area contributed by atoms with E-state index in [1.807, 2.05) is 0 Å². The summed E-state index contributed by atoms with van der Waals surface area (Å²) in [4.78, 5) is 33.0. The molecule has 0 saturated carbocycles. The van der Waals surface area contributed by atoms with Crippen LogP contribution in [0.15, 0.2) is 0 Å². The Morgan fingerprint density at radius 3 is 2.12 bits per heavy atom. The van der Waals surface area contributed by atoms with E-state index in [9.17, 15) is 14.4 Å². The molecular weight excluding hydrogens is 232 g/mol. The van der Waals surface area contributed by atoms with Gasteiger partial charge in [-0.05, 0) is 6.92 Å². The molecule has 3 N–H and O–H groups in total. The van der Waals surface area contributed by atoms with Crippen molar-refractivity contribution < 1.29 is 29.3 Å². The van der Waals surface area contributed by atoms with Crippen molar-refractivity contribution in [3.05, 3.63) is 0 Å². The number of aliphatic carboxylic acids is 2. The highest BCUT2D eigenvalue weighted by Crippen LogP contribution is 1.90. The molecule has 0 fully saturated rings. The van der Waals surface area contributed by atoms with Gasteiger partial charge in [-0.2, -0.15) is 0 Å². The molecule has 0 rings (SSSR count). The van der Waals surface area contributed by atoms with Crippen molar-refractivity contribution in [2.45, 2.75) is 6.92 Å². The molecule has 0 spiro atoms. The number of urea groups is 1. The lowest BCUT2D eigenvalue weighted by Crippen LogP contribution is -2.46. The molecule has 0 bridgehead atoms. The first-order valence-corrected chi connectivity index (χ1v) is 5.01. The van der Waals surface area contributed by atoms with Crippen LogP contribution in [0.1, 0.15) is 6.92 Å². The summed E-state index contributed by atoms with van der Waals surface area (Å²) in [6.07, 6.45) is 0. The number of nitrogens with one attached hydrogen (secondary N) is 1. The van der Waals surface area contributed by atoms with E-state index in [0.717, 1.165) is 0 Å². The topological polar surface area (TPSA) is 116 Å². The number of rotatable bonds is 8. The lowest BCUT2D eigenvalue weighted by molar-refractivity contribution is -0.140. The number of carbonyl (C=O) groups excluding carboxylic acids is 1. The van der Waals surface area contributed by atoms with Crippen LogP contribution in [-0.2, 0) is 14.3 Å². The Labute approximate surface area is 98.2 Å². The SMILES string of the molecule is CCOCCNC(=O)N(CC(=O)O)CC(=O)O. The molecule has 0 heterocycles. The summed E-state index contributed by atoms with van der Waals surface area (Å²) in [5, 5.41) is 19.4. The smallest absolute Gasteiger partial charge is 0.323 e. The van der Waals surface area contributed by atoms with Crippen LogP contribution in [-0.4, -0.2) is 65.9 Å². The summed E-state index contributed by atoms with van der Waals surface area (Å²) in [6.45, 7) is 1.46. The number of carbonyl (C=O) groups is 3. The van der Waals surface area contributed by atoms with Gasteiger partial charge in [-0.1, -0.05) is 0 Å². The molecule has 0 aliphatic carbocycles. The number of nitrogens with zero attached hydrogens (tertiary/aromatic N) is 1. The minimum atomic E-state index is -1.27. The number of hydrogen-bond acceptors (Lipinski definition) is 4. The number of amides is 2. The Morgan fingerprint density at radius 2 is 1.71 bits per heavy atom. The Hall–Kier alpha value is -1.83. The van der Waals surface area contributed by atoms with Crippen LogP contribution in [0.5, 0.6) is 0 Å². The van der Waals surface area contributed by atoms with Crippen LogP contribution in [0.25, 0.3) is 0 Å². The monoisotopic (exact) mass is 248 g/mol. The van der Waals surface area contributed by atoms with E-state index >= 15 is 0 Å². The second kappa shape index (κ2) is 8.34. The molecule has 0 aliphatic rings. The Kier molecular flexibility index (Phi) is 7.44. The second-order valence-electron chi connectivity index (χ2n) is 3.07. The maximum absolute atomic E-state index is 11.4. The quantitative estimate of drug-likeness (QED) is 0.484. The van der Waals surface area contributed by atoms with Crippen molar-refractivity contribution in [1.82, 2.24) is 10.2 Å². The number of hydrogen-bond donors (Lipinski definition) is 3. The van der Waals surface area contributed by atoms with Crippen LogP contribution in [0.2, 0.25) is 0 Å². The molecule has 17 heavy (non-hydrogen) atoms. The van der Waals surface area contributed by atoms with Crippen LogP contribution >= 0.6 is 0 Å². The molecule has 0 aromatic rings. The van der Waals surface area contributed by atoms with E-state index in [1.165, 1.54) is 0 Å². The lowest BCUT2D eigenvalue weighted by Gasteiger charge is -2.18. The third-order valence-corrected chi connectivity index (χ3v) is 1.67. The molecule has 0 aromatic heterocycles. The van der Waals surface area contributed by atoms with Crippen molar-refractivity contribution in [2.75, 3.05) is 32.8 Å². The largest absolute Gasteiger partial charge is 0.480 e. The molecule has 0 saturated heterocycles. The summed E-state index contributed by atoms with van der Waals surface area (Å²) in [5.74, 6) is -2.54. The maximum Gasteiger partial charge on any atom is 0.323 e. The van der Waals surface area contributed by atoms with Crippen molar-refractivity contribution >= 4 is 18.0 Å². The van der Waals surface area contributed by atoms with Crippen LogP contribution in [0.4, 0.5) is 4.79 Å². The first-order chi connectivity index (χ1) is 7.97. The van der Waals surface area contributed by atoms with E-state index < -0.39 is 31.1 Å². The first-order valence-electron chi connectivity index (χ1n) is 5.01. The predicted molar refractivity (Wildman–Crippen MR) is 56.7 cm³/mol. The summed E-state index contributed by atoms with van der Waals surface area (Å²) in [6, 6.07) is -0.741. The third-order valence-electron chi connectivity index (χ3n) is 1.67. The Morgan fingerprint density at radius 1 is 1.18 bits per heavy atom. The van der Waals surface area contributed by atoms with Crippen molar-refractivity contribution in [1.29, 1.82) is 0 Å². The standard InChI is InChI=1S/C9H16N2O6/c1-2-17-4-3-10-9(16)11(5-7(12)13)6-8(14)15/h2-6H2,1H3,(H,10,16)(H,12,13)(H,14,15). The van der Waals surface area contributed by atoms with E-state index in [4.69, 9.17) is 14.9 Å².